The summed E-state index contributed by atoms with van der Waals surface area (Å²) in [7, 11) is 0. The van der Waals surface area contributed by atoms with Crippen molar-refractivity contribution in [1.29, 1.82) is 0 Å². The van der Waals surface area contributed by atoms with E-state index in [0.29, 0.717) is 11.8 Å². The Morgan fingerprint density at radius 3 is 2.52 bits per heavy atom. The zero-order valence-corrected chi connectivity index (χ0v) is 16.7. The van der Waals surface area contributed by atoms with E-state index in [-0.39, 0.29) is 0 Å². The van der Waals surface area contributed by atoms with Crippen molar-refractivity contribution in [3.63, 3.8) is 0 Å². The topological polar surface area (TPSA) is 0 Å². The lowest BCUT2D eigenvalue weighted by molar-refractivity contribution is 0.380. The summed E-state index contributed by atoms with van der Waals surface area (Å²) in [5.74, 6) is 2.92. The Morgan fingerprint density at radius 1 is 1.17 bits per heavy atom. The van der Waals surface area contributed by atoms with Crippen molar-refractivity contribution in [2.45, 2.75) is 78.0 Å². The van der Waals surface area contributed by atoms with Crippen molar-refractivity contribution in [3.8, 4) is 0 Å². The molecule has 0 saturated carbocycles. The highest BCUT2D eigenvalue weighted by Gasteiger charge is 2.22. The van der Waals surface area contributed by atoms with Gasteiger partial charge in [0.15, 0.2) is 0 Å². The van der Waals surface area contributed by atoms with E-state index < -0.39 is 0 Å². The molecule has 0 nitrogen and oxygen atoms in total. The molecule has 0 bridgehead atoms. The van der Waals surface area contributed by atoms with E-state index in [4.69, 9.17) is 0 Å². The molecule has 1 aromatic rings. The molecule has 0 aliphatic heterocycles. The molecule has 1 heteroatoms. The summed E-state index contributed by atoms with van der Waals surface area (Å²) in [6, 6.07) is 7.12. The predicted octanol–water partition coefficient (Wildman–Crippen LogP) is 7.58. The Bertz CT molecular complexity index is 541. The van der Waals surface area contributed by atoms with Crippen LogP contribution in [-0.4, -0.2) is 0 Å². The van der Waals surface area contributed by atoms with Crippen LogP contribution in [0.15, 0.2) is 34.1 Å². The summed E-state index contributed by atoms with van der Waals surface area (Å²) in [6.07, 6.45) is 7.81. The van der Waals surface area contributed by atoms with Gasteiger partial charge in [0.25, 0.3) is 0 Å². The molecule has 1 aliphatic rings. The van der Waals surface area contributed by atoms with Crippen molar-refractivity contribution in [2.24, 2.45) is 17.8 Å². The zero-order valence-electron chi connectivity index (χ0n) is 15.9. The van der Waals surface area contributed by atoms with Crippen LogP contribution in [0.25, 0.3) is 0 Å². The maximum absolute atomic E-state index is 2.57. The molecule has 0 fully saturated rings. The van der Waals surface area contributed by atoms with E-state index in [2.05, 4.69) is 65.8 Å². The minimum absolute atomic E-state index is 0.677. The van der Waals surface area contributed by atoms with Crippen molar-refractivity contribution >= 4 is 11.8 Å². The summed E-state index contributed by atoms with van der Waals surface area (Å²) in [6.45, 7) is 14.0. The molecule has 0 radical (unpaired) electrons. The molecule has 128 valence electrons. The molecule has 0 heterocycles. The Hall–Kier alpha value is -0.690. The van der Waals surface area contributed by atoms with Gasteiger partial charge in [0.2, 0.25) is 0 Å². The van der Waals surface area contributed by atoms with Gasteiger partial charge in [-0.25, -0.2) is 0 Å². The van der Waals surface area contributed by atoms with E-state index in [1.807, 2.05) is 11.8 Å². The van der Waals surface area contributed by atoms with E-state index in [1.54, 1.807) is 4.91 Å². The van der Waals surface area contributed by atoms with E-state index in [1.165, 1.54) is 41.7 Å². The summed E-state index contributed by atoms with van der Waals surface area (Å²) >= 11 is 2.02. The molecule has 1 aromatic carbocycles. The smallest absolute Gasteiger partial charge is 0.0148 e. The Labute approximate surface area is 148 Å². The normalized spacial score (nSPS) is 23.0. The average Bonchev–Trinajstić information content (AvgIpc) is 2.51. The summed E-state index contributed by atoms with van der Waals surface area (Å²) in [5, 5.41) is 0. The van der Waals surface area contributed by atoms with Crippen molar-refractivity contribution < 1.29 is 0 Å². The number of allylic oxidation sites excluding steroid dienone is 2. The first kappa shape index (κ1) is 18.6. The molecular formula is C22H34S. The fourth-order valence-electron chi connectivity index (χ4n) is 3.52. The third-order valence-corrected chi connectivity index (χ3v) is 6.82. The fourth-order valence-corrected chi connectivity index (χ4v) is 4.70. The summed E-state index contributed by atoms with van der Waals surface area (Å²) in [5.41, 5.74) is 2.94. The predicted molar refractivity (Wildman–Crippen MR) is 105 cm³/mol. The minimum Gasteiger partial charge on any atom is -0.0943 e. The van der Waals surface area contributed by atoms with E-state index >= 15 is 0 Å². The molecule has 2 rings (SSSR count). The number of thioether (sulfide) groups is 1. The Morgan fingerprint density at radius 2 is 1.91 bits per heavy atom. The minimum atomic E-state index is 0.677. The van der Waals surface area contributed by atoms with Gasteiger partial charge in [-0.2, -0.15) is 0 Å². The van der Waals surface area contributed by atoms with Gasteiger partial charge >= 0.3 is 0 Å². The molecule has 23 heavy (non-hydrogen) atoms. The van der Waals surface area contributed by atoms with Gasteiger partial charge in [-0.15, -0.1) is 0 Å². The van der Waals surface area contributed by atoms with Crippen molar-refractivity contribution in [2.75, 3.05) is 0 Å². The summed E-state index contributed by atoms with van der Waals surface area (Å²) < 4.78 is 0. The highest BCUT2D eigenvalue weighted by Crippen LogP contribution is 2.42. The lowest BCUT2D eigenvalue weighted by Gasteiger charge is -2.28. The maximum Gasteiger partial charge on any atom is 0.0148 e. The SMILES string of the molecule is CCCC(C)c1ccc(SC2=CC(C(C)C)CCC2C)c(C)c1. The highest BCUT2D eigenvalue weighted by molar-refractivity contribution is 8.03. The zero-order chi connectivity index (χ0) is 17.0. The average molecular weight is 331 g/mol. The molecule has 0 N–H and O–H groups in total. The molecular weight excluding hydrogens is 296 g/mol. The first-order chi connectivity index (χ1) is 10.9. The van der Waals surface area contributed by atoms with Gasteiger partial charge in [0.05, 0.1) is 0 Å². The van der Waals surface area contributed by atoms with Gasteiger partial charge in [-0.3, -0.25) is 0 Å². The van der Waals surface area contributed by atoms with Crippen LogP contribution in [0.5, 0.6) is 0 Å². The van der Waals surface area contributed by atoms with Crippen LogP contribution in [0, 0.1) is 24.7 Å². The van der Waals surface area contributed by atoms with Crippen LogP contribution in [-0.2, 0) is 0 Å². The number of benzene rings is 1. The number of rotatable bonds is 6. The Kier molecular flexibility index (Phi) is 6.83. The van der Waals surface area contributed by atoms with Crippen LogP contribution < -0.4 is 0 Å². The van der Waals surface area contributed by atoms with Crippen molar-refractivity contribution in [1.82, 2.24) is 0 Å². The second kappa shape index (κ2) is 8.42. The van der Waals surface area contributed by atoms with Gasteiger partial charge in [-0.1, -0.05) is 71.0 Å². The van der Waals surface area contributed by atoms with Crippen LogP contribution >= 0.6 is 11.8 Å². The summed E-state index contributed by atoms with van der Waals surface area (Å²) in [4.78, 5) is 3.03. The number of aryl methyl sites for hydroxylation is 1. The van der Waals surface area contributed by atoms with Crippen LogP contribution in [0.1, 0.15) is 77.3 Å². The quantitative estimate of drug-likeness (QED) is 0.518. The Balaban J connectivity index is 2.16. The number of hydrogen-bond donors (Lipinski definition) is 0. The molecule has 3 atom stereocenters. The van der Waals surface area contributed by atoms with Crippen LogP contribution in [0.2, 0.25) is 0 Å². The van der Waals surface area contributed by atoms with Crippen LogP contribution in [0.4, 0.5) is 0 Å². The van der Waals surface area contributed by atoms with E-state index in [9.17, 15) is 0 Å². The number of hydrogen-bond acceptors (Lipinski definition) is 1. The maximum atomic E-state index is 2.57. The van der Waals surface area contributed by atoms with Crippen molar-refractivity contribution in [3.05, 3.63) is 40.3 Å². The largest absolute Gasteiger partial charge is 0.0943 e. The van der Waals surface area contributed by atoms with Crippen LogP contribution in [0.3, 0.4) is 0 Å². The third kappa shape index (κ3) is 4.89. The molecule has 0 saturated heterocycles. The lowest BCUT2D eigenvalue weighted by Crippen LogP contribution is -2.15. The standard InChI is InChI=1S/C22H34S/c1-7-8-16(4)20-11-12-21(18(6)13-20)23-22-14-19(15(2)3)10-9-17(22)5/h11-17,19H,7-10H2,1-6H3. The fraction of sp³-hybridized carbons (Fsp3) is 0.636. The molecule has 1 aliphatic carbocycles. The second-order valence-corrected chi connectivity index (χ2v) is 8.89. The lowest BCUT2D eigenvalue weighted by atomic mass is 9.83. The first-order valence-electron chi connectivity index (χ1n) is 9.42. The monoisotopic (exact) mass is 330 g/mol. The molecule has 0 aromatic heterocycles. The van der Waals surface area contributed by atoms with Gasteiger partial charge in [-0.05, 0) is 72.0 Å². The molecule has 0 spiro atoms. The first-order valence-corrected chi connectivity index (χ1v) is 10.2. The second-order valence-electron chi connectivity index (χ2n) is 7.77. The van der Waals surface area contributed by atoms with E-state index in [0.717, 1.165) is 11.8 Å². The molecule has 0 amide bonds. The third-order valence-electron chi connectivity index (χ3n) is 5.37. The molecule has 3 unspecified atom stereocenters. The van der Waals surface area contributed by atoms with Gasteiger partial charge < -0.3 is 0 Å². The highest BCUT2D eigenvalue weighted by atomic mass is 32.2. The van der Waals surface area contributed by atoms with Gasteiger partial charge in [0.1, 0.15) is 0 Å². The van der Waals surface area contributed by atoms with Gasteiger partial charge in [0, 0.05) is 4.90 Å².